The molecular weight excluding hydrogens is 134 g/mol. The Balaban J connectivity index is 0.000001000. The first-order chi connectivity index (χ1) is 4.79. The first-order valence-electron chi connectivity index (χ1n) is 3.60. The third kappa shape index (κ3) is 3.66. The molecule has 0 aromatic heterocycles. The SMILES string of the molecule is C.CC(C)Nc1ccccc1. The molecule has 62 valence electrons. The number of hydrogen-bond acceptors (Lipinski definition) is 1. The maximum absolute atomic E-state index is 3.30. The molecule has 0 saturated heterocycles. The molecule has 0 unspecified atom stereocenters. The van der Waals surface area contributed by atoms with Crippen LogP contribution in [0.5, 0.6) is 0 Å². The van der Waals surface area contributed by atoms with E-state index in [1.807, 2.05) is 18.2 Å². The quantitative estimate of drug-likeness (QED) is 0.684. The number of hydrogen-bond donors (Lipinski definition) is 1. The lowest BCUT2D eigenvalue weighted by atomic mass is 10.3. The fourth-order valence-electron chi connectivity index (χ4n) is 0.868. The van der Waals surface area contributed by atoms with Crippen molar-refractivity contribution >= 4 is 5.69 Å². The van der Waals surface area contributed by atoms with E-state index in [1.165, 1.54) is 5.69 Å². The van der Waals surface area contributed by atoms with Crippen molar-refractivity contribution in [1.29, 1.82) is 0 Å². The Hall–Kier alpha value is -0.980. The van der Waals surface area contributed by atoms with Crippen LogP contribution in [0, 0.1) is 0 Å². The molecule has 1 nitrogen and oxygen atoms in total. The minimum atomic E-state index is 0. The van der Waals surface area contributed by atoms with E-state index in [9.17, 15) is 0 Å². The summed E-state index contributed by atoms with van der Waals surface area (Å²) in [7, 11) is 0. The Kier molecular flexibility index (Phi) is 4.35. The summed E-state index contributed by atoms with van der Waals surface area (Å²) >= 11 is 0. The molecule has 0 aliphatic carbocycles. The van der Waals surface area contributed by atoms with Crippen LogP contribution in [0.3, 0.4) is 0 Å². The molecular formula is C10H17N. The average Bonchev–Trinajstić information content (AvgIpc) is 1.88. The number of rotatable bonds is 2. The van der Waals surface area contributed by atoms with Gasteiger partial charge in [-0.25, -0.2) is 0 Å². The van der Waals surface area contributed by atoms with E-state index in [0.29, 0.717) is 6.04 Å². The Labute approximate surface area is 69.4 Å². The summed E-state index contributed by atoms with van der Waals surface area (Å²) in [6.45, 7) is 4.26. The first-order valence-corrected chi connectivity index (χ1v) is 3.60. The highest BCUT2D eigenvalue weighted by atomic mass is 14.9. The van der Waals surface area contributed by atoms with E-state index in [1.54, 1.807) is 0 Å². The van der Waals surface area contributed by atoms with Crippen LogP contribution in [0.4, 0.5) is 5.69 Å². The molecule has 0 radical (unpaired) electrons. The Bertz CT molecular complexity index is 179. The second-order valence-electron chi connectivity index (χ2n) is 2.67. The molecule has 1 aromatic carbocycles. The van der Waals surface area contributed by atoms with Crippen molar-refractivity contribution in [1.82, 2.24) is 0 Å². The molecule has 1 rings (SSSR count). The molecule has 0 heterocycles. The monoisotopic (exact) mass is 151 g/mol. The molecule has 0 saturated carbocycles. The summed E-state index contributed by atoms with van der Waals surface area (Å²) in [5.41, 5.74) is 1.19. The second-order valence-corrected chi connectivity index (χ2v) is 2.67. The standard InChI is InChI=1S/C9H13N.CH4/c1-8(2)10-9-6-4-3-5-7-9;/h3-8,10H,1-2H3;1H4. The van der Waals surface area contributed by atoms with Gasteiger partial charge in [0.2, 0.25) is 0 Å². The van der Waals surface area contributed by atoms with E-state index in [0.717, 1.165) is 0 Å². The van der Waals surface area contributed by atoms with Gasteiger partial charge in [0.15, 0.2) is 0 Å². The molecule has 0 bridgehead atoms. The normalized spacial score (nSPS) is 9.00. The van der Waals surface area contributed by atoms with Crippen molar-refractivity contribution in [2.75, 3.05) is 5.32 Å². The number of anilines is 1. The van der Waals surface area contributed by atoms with Crippen molar-refractivity contribution in [3.63, 3.8) is 0 Å². The van der Waals surface area contributed by atoms with Gasteiger partial charge in [-0.15, -0.1) is 0 Å². The molecule has 0 atom stereocenters. The van der Waals surface area contributed by atoms with Crippen molar-refractivity contribution in [3.8, 4) is 0 Å². The van der Waals surface area contributed by atoms with Gasteiger partial charge >= 0.3 is 0 Å². The van der Waals surface area contributed by atoms with Gasteiger partial charge in [-0.05, 0) is 26.0 Å². The highest BCUT2D eigenvalue weighted by Crippen LogP contribution is 2.05. The van der Waals surface area contributed by atoms with Gasteiger partial charge in [0.1, 0.15) is 0 Å². The summed E-state index contributed by atoms with van der Waals surface area (Å²) in [6, 6.07) is 10.7. The van der Waals surface area contributed by atoms with Gasteiger partial charge in [-0.1, -0.05) is 25.6 Å². The van der Waals surface area contributed by atoms with Gasteiger partial charge < -0.3 is 5.32 Å². The summed E-state index contributed by atoms with van der Waals surface area (Å²) in [6.07, 6.45) is 0. The van der Waals surface area contributed by atoms with Crippen molar-refractivity contribution in [3.05, 3.63) is 30.3 Å². The Morgan fingerprint density at radius 1 is 1.09 bits per heavy atom. The number of nitrogens with one attached hydrogen (secondary N) is 1. The third-order valence-corrected chi connectivity index (χ3v) is 1.23. The predicted octanol–water partition coefficient (Wildman–Crippen LogP) is 3.14. The van der Waals surface area contributed by atoms with Crippen LogP contribution in [0.25, 0.3) is 0 Å². The van der Waals surface area contributed by atoms with Gasteiger partial charge in [-0.2, -0.15) is 0 Å². The average molecular weight is 151 g/mol. The van der Waals surface area contributed by atoms with Crippen LogP contribution < -0.4 is 5.32 Å². The van der Waals surface area contributed by atoms with Crippen LogP contribution in [0.15, 0.2) is 30.3 Å². The Morgan fingerprint density at radius 3 is 2.09 bits per heavy atom. The van der Waals surface area contributed by atoms with Gasteiger partial charge in [0, 0.05) is 11.7 Å². The predicted molar refractivity (Wildman–Crippen MR) is 51.9 cm³/mol. The van der Waals surface area contributed by atoms with E-state index in [2.05, 4.69) is 31.3 Å². The highest BCUT2D eigenvalue weighted by molar-refractivity contribution is 5.42. The molecule has 11 heavy (non-hydrogen) atoms. The molecule has 1 heteroatoms. The maximum atomic E-state index is 3.30. The first kappa shape index (κ1) is 10.0. The van der Waals surface area contributed by atoms with Crippen LogP contribution in [0.2, 0.25) is 0 Å². The van der Waals surface area contributed by atoms with Crippen molar-refractivity contribution < 1.29 is 0 Å². The van der Waals surface area contributed by atoms with E-state index >= 15 is 0 Å². The second kappa shape index (κ2) is 4.78. The third-order valence-electron chi connectivity index (χ3n) is 1.23. The smallest absolute Gasteiger partial charge is 0.0342 e. The number of benzene rings is 1. The Morgan fingerprint density at radius 2 is 1.64 bits per heavy atom. The lowest BCUT2D eigenvalue weighted by Gasteiger charge is -2.08. The van der Waals surface area contributed by atoms with Crippen LogP contribution in [-0.4, -0.2) is 6.04 Å². The minimum absolute atomic E-state index is 0. The summed E-state index contributed by atoms with van der Waals surface area (Å²) in [5, 5.41) is 3.30. The summed E-state index contributed by atoms with van der Waals surface area (Å²) in [5.74, 6) is 0. The van der Waals surface area contributed by atoms with Crippen molar-refractivity contribution in [2.24, 2.45) is 0 Å². The molecule has 0 amide bonds. The molecule has 0 fully saturated rings. The van der Waals surface area contributed by atoms with E-state index < -0.39 is 0 Å². The molecule has 1 N–H and O–H groups in total. The number of para-hydroxylation sites is 1. The zero-order valence-electron chi connectivity index (χ0n) is 6.46. The van der Waals surface area contributed by atoms with Gasteiger partial charge in [-0.3, -0.25) is 0 Å². The summed E-state index contributed by atoms with van der Waals surface area (Å²) < 4.78 is 0. The summed E-state index contributed by atoms with van der Waals surface area (Å²) in [4.78, 5) is 0. The zero-order valence-corrected chi connectivity index (χ0v) is 6.46. The molecule has 0 spiro atoms. The van der Waals surface area contributed by atoms with Crippen molar-refractivity contribution in [2.45, 2.75) is 27.3 Å². The lowest BCUT2D eigenvalue weighted by molar-refractivity contribution is 0.900. The topological polar surface area (TPSA) is 12.0 Å². The minimum Gasteiger partial charge on any atom is -0.383 e. The van der Waals surface area contributed by atoms with Crippen LogP contribution >= 0.6 is 0 Å². The van der Waals surface area contributed by atoms with Crippen LogP contribution in [-0.2, 0) is 0 Å². The molecule has 0 aliphatic heterocycles. The highest BCUT2D eigenvalue weighted by Gasteiger charge is 1.90. The van der Waals surface area contributed by atoms with Crippen LogP contribution in [0.1, 0.15) is 21.3 Å². The molecule has 0 aliphatic rings. The fraction of sp³-hybridized carbons (Fsp3) is 0.400. The fourth-order valence-corrected chi connectivity index (χ4v) is 0.868. The van der Waals surface area contributed by atoms with Gasteiger partial charge in [0.25, 0.3) is 0 Å². The van der Waals surface area contributed by atoms with Gasteiger partial charge in [0.05, 0.1) is 0 Å². The zero-order chi connectivity index (χ0) is 7.40. The van der Waals surface area contributed by atoms with E-state index in [-0.39, 0.29) is 7.43 Å². The molecule has 1 aromatic rings. The maximum Gasteiger partial charge on any atom is 0.0342 e. The largest absolute Gasteiger partial charge is 0.383 e. The lowest BCUT2D eigenvalue weighted by Crippen LogP contribution is -2.08. The van der Waals surface area contributed by atoms with E-state index in [4.69, 9.17) is 0 Å².